The smallest absolute Gasteiger partial charge is 0.317 e. The maximum Gasteiger partial charge on any atom is 0.317 e. The van der Waals surface area contributed by atoms with Crippen molar-refractivity contribution in [1.82, 2.24) is 4.90 Å². The highest BCUT2D eigenvalue weighted by Gasteiger charge is 2.27. The van der Waals surface area contributed by atoms with Crippen molar-refractivity contribution in [3.8, 4) is 0 Å². The Kier molecular flexibility index (Phi) is 13.8. The SMILES string of the molecule is CCOC(=O)C(CN(Cc1ccccc1)Cc1ccccc1)C(C)=O.CCOC(=O)CC(C)=O. The molecule has 0 saturated carbocycles. The van der Waals surface area contributed by atoms with Crippen LogP contribution in [-0.4, -0.2) is 48.2 Å². The number of Topliss-reactive ketones (excluding diaryl/α,β-unsaturated/α-hetero) is 2. The van der Waals surface area contributed by atoms with E-state index in [2.05, 4.69) is 9.64 Å². The van der Waals surface area contributed by atoms with Crippen molar-refractivity contribution in [2.75, 3.05) is 19.8 Å². The van der Waals surface area contributed by atoms with E-state index >= 15 is 0 Å². The topological polar surface area (TPSA) is 90.0 Å². The highest BCUT2D eigenvalue weighted by Crippen LogP contribution is 2.14. The van der Waals surface area contributed by atoms with Gasteiger partial charge in [-0.2, -0.15) is 0 Å². The van der Waals surface area contributed by atoms with Gasteiger partial charge >= 0.3 is 11.9 Å². The molecule has 2 rings (SSSR count). The van der Waals surface area contributed by atoms with Crippen LogP contribution in [0, 0.1) is 5.92 Å². The molecule has 0 aliphatic carbocycles. The molecule has 0 aliphatic heterocycles. The van der Waals surface area contributed by atoms with Gasteiger partial charge in [-0.1, -0.05) is 60.7 Å². The van der Waals surface area contributed by atoms with Gasteiger partial charge in [-0.25, -0.2) is 0 Å². The molecule has 184 valence electrons. The summed E-state index contributed by atoms with van der Waals surface area (Å²) in [5, 5.41) is 0. The minimum absolute atomic E-state index is 0.103. The van der Waals surface area contributed by atoms with Crippen LogP contribution in [-0.2, 0) is 41.7 Å². The van der Waals surface area contributed by atoms with Crippen LogP contribution >= 0.6 is 0 Å². The summed E-state index contributed by atoms with van der Waals surface area (Å²) in [6.45, 7) is 8.56. The molecule has 0 spiro atoms. The lowest BCUT2D eigenvalue weighted by Crippen LogP contribution is -2.37. The third-order valence-electron chi connectivity index (χ3n) is 4.70. The number of carbonyl (C=O) groups is 4. The molecule has 0 bridgehead atoms. The molecular formula is C27H35NO6. The quantitative estimate of drug-likeness (QED) is 0.343. The van der Waals surface area contributed by atoms with Gasteiger partial charge in [-0.05, 0) is 38.8 Å². The Morgan fingerprint density at radius 1 is 0.765 bits per heavy atom. The van der Waals surface area contributed by atoms with Gasteiger partial charge < -0.3 is 9.47 Å². The minimum atomic E-state index is -0.757. The van der Waals surface area contributed by atoms with Gasteiger partial charge in [0.05, 0.1) is 13.2 Å². The Hall–Kier alpha value is -3.32. The molecule has 1 unspecified atom stereocenters. The van der Waals surface area contributed by atoms with Crippen LogP contribution in [0.4, 0.5) is 0 Å². The van der Waals surface area contributed by atoms with Crippen LogP contribution in [0.3, 0.4) is 0 Å². The molecule has 1 atom stereocenters. The fourth-order valence-electron chi connectivity index (χ4n) is 3.15. The standard InChI is InChI=1S/C21H25NO3.C6H10O3/c1-3-25-21(24)20(17(2)23)16-22(14-18-10-6-4-7-11-18)15-19-12-8-5-9-13-19;1-3-9-6(8)4-5(2)7/h4-13,20H,3,14-16H2,1-2H3;3-4H2,1-2H3. The summed E-state index contributed by atoms with van der Waals surface area (Å²) in [5.41, 5.74) is 2.29. The number of hydrogen-bond acceptors (Lipinski definition) is 7. The van der Waals surface area contributed by atoms with Gasteiger partial charge in [0, 0.05) is 19.6 Å². The monoisotopic (exact) mass is 469 g/mol. The Labute approximate surface area is 202 Å². The first-order valence-corrected chi connectivity index (χ1v) is 11.4. The molecule has 0 saturated heterocycles. The Morgan fingerprint density at radius 3 is 1.62 bits per heavy atom. The normalized spacial score (nSPS) is 11.1. The molecular weight excluding hydrogens is 434 g/mol. The van der Waals surface area contributed by atoms with Crippen LogP contribution in [0.2, 0.25) is 0 Å². The number of carbonyl (C=O) groups excluding carboxylic acids is 4. The molecule has 0 heterocycles. The van der Waals surface area contributed by atoms with E-state index in [9.17, 15) is 19.2 Å². The maximum atomic E-state index is 12.2. The number of hydrogen-bond donors (Lipinski definition) is 0. The van der Waals surface area contributed by atoms with Gasteiger partial charge in [0.2, 0.25) is 0 Å². The van der Waals surface area contributed by atoms with Crippen LogP contribution in [0.15, 0.2) is 60.7 Å². The number of esters is 2. The van der Waals surface area contributed by atoms with E-state index in [1.54, 1.807) is 13.8 Å². The summed E-state index contributed by atoms with van der Waals surface area (Å²) in [6.07, 6.45) is -0.103. The molecule has 2 aromatic rings. The van der Waals surface area contributed by atoms with E-state index in [0.29, 0.717) is 26.2 Å². The van der Waals surface area contributed by atoms with Crippen molar-refractivity contribution in [3.05, 3.63) is 71.8 Å². The average Bonchev–Trinajstić information content (AvgIpc) is 2.78. The molecule has 2 aromatic carbocycles. The highest BCUT2D eigenvalue weighted by molar-refractivity contribution is 5.98. The molecule has 0 radical (unpaired) electrons. The van der Waals surface area contributed by atoms with Gasteiger partial charge in [0.15, 0.2) is 0 Å². The van der Waals surface area contributed by atoms with Crippen molar-refractivity contribution in [2.24, 2.45) is 5.92 Å². The zero-order valence-electron chi connectivity index (χ0n) is 20.5. The van der Waals surface area contributed by atoms with Gasteiger partial charge in [-0.3, -0.25) is 24.1 Å². The van der Waals surface area contributed by atoms with Crippen molar-refractivity contribution < 1.29 is 28.7 Å². The number of benzene rings is 2. The Morgan fingerprint density at radius 2 is 1.24 bits per heavy atom. The van der Waals surface area contributed by atoms with E-state index in [0.717, 1.165) is 11.1 Å². The first-order chi connectivity index (χ1) is 16.3. The van der Waals surface area contributed by atoms with E-state index in [1.165, 1.54) is 13.8 Å². The lowest BCUT2D eigenvalue weighted by atomic mass is 10.0. The van der Waals surface area contributed by atoms with E-state index in [4.69, 9.17) is 4.74 Å². The third-order valence-corrected chi connectivity index (χ3v) is 4.70. The summed E-state index contributed by atoms with van der Waals surface area (Å²) in [7, 11) is 0. The first-order valence-electron chi connectivity index (χ1n) is 11.4. The largest absolute Gasteiger partial charge is 0.466 e. The predicted octanol–water partition coefficient (Wildman–Crippen LogP) is 3.99. The molecule has 7 nitrogen and oxygen atoms in total. The number of nitrogens with zero attached hydrogens (tertiary/aromatic N) is 1. The fourth-order valence-corrected chi connectivity index (χ4v) is 3.15. The van der Waals surface area contributed by atoms with E-state index < -0.39 is 17.9 Å². The molecule has 0 N–H and O–H groups in total. The summed E-state index contributed by atoms with van der Waals surface area (Å²) in [4.78, 5) is 46.9. The zero-order chi connectivity index (χ0) is 25.3. The molecule has 7 heteroatoms. The number of rotatable bonds is 12. The minimum Gasteiger partial charge on any atom is -0.466 e. The molecule has 0 amide bonds. The fraction of sp³-hybridized carbons (Fsp3) is 0.407. The lowest BCUT2D eigenvalue weighted by molar-refractivity contribution is -0.152. The van der Waals surface area contributed by atoms with Crippen molar-refractivity contribution in [2.45, 2.75) is 47.2 Å². The summed E-state index contributed by atoms with van der Waals surface area (Å²) < 4.78 is 9.57. The van der Waals surface area contributed by atoms with E-state index in [-0.39, 0.29) is 24.6 Å². The average molecular weight is 470 g/mol. The van der Waals surface area contributed by atoms with Gasteiger partial charge in [-0.15, -0.1) is 0 Å². The van der Waals surface area contributed by atoms with Crippen molar-refractivity contribution in [1.29, 1.82) is 0 Å². The lowest BCUT2D eigenvalue weighted by Gasteiger charge is -2.26. The van der Waals surface area contributed by atoms with Crippen molar-refractivity contribution >= 4 is 23.5 Å². The summed E-state index contributed by atoms with van der Waals surface area (Å²) >= 11 is 0. The Bertz CT molecular complexity index is 856. The van der Waals surface area contributed by atoms with E-state index in [1.807, 2.05) is 60.7 Å². The first kappa shape index (κ1) is 28.7. The van der Waals surface area contributed by atoms with Crippen LogP contribution in [0.25, 0.3) is 0 Å². The van der Waals surface area contributed by atoms with Crippen LogP contribution < -0.4 is 0 Å². The third kappa shape index (κ3) is 12.1. The number of ether oxygens (including phenoxy) is 2. The zero-order valence-corrected chi connectivity index (χ0v) is 20.5. The second kappa shape index (κ2) is 16.3. The van der Waals surface area contributed by atoms with Gasteiger partial charge in [0.1, 0.15) is 23.9 Å². The summed E-state index contributed by atoms with van der Waals surface area (Å²) in [5.74, 6) is -1.96. The molecule has 0 aromatic heterocycles. The summed E-state index contributed by atoms with van der Waals surface area (Å²) in [6, 6.07) is 20.1. The second-order valence-corrected chi connectivity index (χ2v) is 7.74. The highest BCUT2D eigenvalue weighted by atomic mass is 16.5. The molecule has 34 heavy (non-hydrogen) atoms. The Balaban J connectivity index is 0.000000546. The van der Waals surface area contributed by atoms with Crippen LogP contribution in [0.5, 0.6) is 0 Å². The maximum absolute atomic E-state index is 12.2. The second-order valence-electron chi connectivity index (χ2n) is 7.74. The predicted molar refractivity (Wildman–Crippen MR) is 130 cm³/mol. The number of ketones is 2. The van der Waals surface area contributed by atoms with Gasteiger partial charge in [0.25, 0.3) is 0 Å². The van der Waals surface area contributed by atoms with Crippen molar-refractivity contribution in [3.63, 3.8) is 0 Å². The molecule has 0 aliphatic rings. The molecule has 0 fully saturated rings. The van der Waals surface area contributed by atoms with Crippen LogP contribution in [0.1, 0.15) is 45.2 Å².